The number of hydrogen-bond donors (Lipinski definition) is 1. The van der Waals surface area contributed by atoms with Crippen molar-refractivity contribution in [2.75, 3.05) is 6.61 Å². The molecule has 2 aromatic rings. The zero-order valence-corrected chi connectivity index (χ0v) is 14.2. The van der Waals surface area contributed by atoms with Gasteiger partial charge in [-0.25, -0.2) is 4.98 Å². The molecule has 1 unspecified atom stereocenters. The van der Waals surface area contributed by atoms with Crippen molar-refractivity contribution in [3.8, 4) is 5.88 Å². The van der Waals surface area contributed by atoms with Crippen LogP contribution in [0, 0.1) is 5.92 Å². The van der Waals surface area contributed by atoms with Crippen LogP contribution in [0.5, 0.6) is 5.88 Å². The van der Waals surface area contributed by atoms with E-state index in [4.69, 9.17) is 0 Å². The number of nitrogens with one attached hydrogen (secondary N) is 1. The highest BCUT2D eigenvalue weighted by Crippen LogP contribution is 2.47. The van der Waals surface area contributed by atoms with Crippen LogP contribution in [-0.2, 0) is 4.79 Å². The maximum absolute atomic E-state index is 12.4. The van der Waals surface area contributed by atoms with E-state index in [9.17, 15) is 18.0 Å². The fourth-order valence-corrected chi connectivity index (χ4v) is 2.85. The van der Waals surface area contributed by atoms with Crippen molar-refractivity contribution >= 4 is 5.91 Å². The number of hydrogen-bond acceptors (Lipinski definition) is 3. The molecule has 0 bridgehead atoms. The average molecular weight is 364 g/mol. The van der Waals surface area contributed by atoms with Crippen LogP contribution in [0.4, 0.5) is 13.2 Å². The van der Waals surface area contributed by atoms with Gasteiger partial charge in [-0.15, -0.1) is 0 Å². The second kappa shape index (κ2) is 7.35. The van der Waals surface area contributed by atoms with Crippen LogP contribution in [0.2, 0.25) is 0 Å². The van der Waals surface area contributed by atoms with E-state index in [-0.39, 0.29) is 29.7 Å². The summed E-state index contributed by atoms with van der Waals surface area (Å²) in [5.74, 6) is 0.0848. The van der Waals surface area contributed by atoms with Crippen molar-refractivity contribution < 1.29 is 22.7 Å². The van der Waals surface area contributed by atoms with Crippen LogP contribution in [0.15, 0.2) is 48.7 Å². The van der Waals surface area contributed by atoms with Crippen LogP contribution in [0.1, 0.15) is 36.4 Å². The molecule has 0 aliphatic heterocycles. The van der Waals surface area contributed by atoms with E-state index in [0.29, 0.717) is 5.56 Å². The number of carbonyl (C=O) groups is 1. The number of halogens is 3. The van der Waals surface area contributed by atoms with Gasteiger partial charge < -0.3 is 10.1 Å². The lowest BCUT2D eigenvalue weighted by Crippen LogP contribution is -2.28. The number of carbonyl (C=O) groups excluding carboxylic acids is 1. The summed E-state index contributed by atoms with van der Waals surface area (Å²) in [4.78, 5) is 16.2. The van der Waals surface area contributed by atoms with Crippen LogP contribution in [0.3, 0.4) is 0 Å². The first-order valence-corrected chi connectivity index (χ1v) is 8.34. The van der Waals surface area contributed by atoms with E-state index in [1.54, 1.807) is 6.07 Å². The lowest BCUT2D eigenvalue weighted by molar-refractivity contribution is -0.154. The van der Waals surface area contributed by atoms with Gasteiger partial charge in [0.05, 0.1) is 6.04 Å². The Hall–Kier alpha value is -2.57. The molecule has 1 aromatic carbocycles. The molecular formula is C19H19F3N2O2. The van der Waals surface area contributed by atoms with E-state index >= 15 is 0 Å². The molecule has 138 valence electrons. The van der Waals surface area contributed by atoms with Gasteiger partial charge in [-0.3, -0.25) is 4.79 Å². The van der Waals surface area contributed by atoms with E-state index in [1.807, 2.05) is 37.3 Å². The molecule has 0 radical (unpaired) electrons. The maximum Gasteiger partial charge on any atom is 0.422 e. The molecule has 1 N–H and O–H groups in total. The fourth-order valence-electron chi connectivity index (χ4n) is 2.85. The minimum absolute atomic E-state index is 0.0243. The normalized spacial score (nSPS) is 20.3. The Bertz CT molecular complexity index is 748. The van der Waals surface area contributed by atoms with E-state index in [2.05, 4.69) is 15.0 Å². The monoisotopic (exact) mass is 364 g/mol. The number of aromatic nitrogens is 1. The van der Waals surface area contributed by atoms with Crippen molar-refractivity contribution in [1.29, 1.82) is 0 Å². The minimum Gasteiger partial charge on any atom is -0.468 e. The van der Waals surface area contributed by atoms with Crippen LogP contribution in [-0.4, -0.2) is 23.7 Å². The molecule has 4 nitrogen and oxygen atoms in total. The largest absolute Gasteiger partial charge is 0.468 e. The number of rotatable bonds is 6. The quantitative estimate of drug-likeness (QED) is 0.843. The first-order valence-electron chi connectivity index (χ1n) is 8.34. The van der Waals surface area contributed by atoms with Gasteiger partial charge >= 0.3 is 6.18 Å². The van der Waals surface area contributed by atoms with Gasteiger partial charge in [-0.05, 0) is 30.4 Å². The molecule has 3 rings (SSSR count). The summed E-state index contributed by atoms with van der Waals surface area (Å²) >= 11 is 0. The third-order valence-electron chi connectivity index (χ3n) is 4.36. The Morgan fingerprint density at radius 1 is 1.27 bits per heavy atom. The summed E-state index contributed by atoms with van der Waals surface area (Å²) < 4.78 is 41.0. The number of pyridine rings is 1. The molecule has 26 heavy (non-hydrogen) atoms. The smallest absolute Gasteiger partial charge is 0.422 e. The van der Waals surface area contributed by atoms with Gasteiger partial charge in [0.15, 0.2) is 6.61 Å². The average Bonchev–Trinajstić information content (AvgIpc) is 3.41. The number of nitrogens with zero attached hydrogens (tertiary/aromatic N) is 1. The summed E-state index contributed by atoms with van der Waals surface area (Å²) in [7, 11) is 0. The molecule has 7 heteroatoms. The predicted molar refractivity (Wildman–Crippen MR) is 89.6 cm³/mol. The Kier molecular flexibility index (Phi) is 5.15. The molecule has 3 atom stereocenters. The topological polar surface area (TPSA) is 51.2 Å². The summed E-state index contributed by atoms with van der Waals surface area (Å²) in [6.07, 6.45) is -2.16. The standard InChI is InChI=1S/C19H19F3N2O2/c1-12(14-7-8-17(23-10-14)26-11-19(20,21)22)24-18(25)16-9-15(16)13-5-3-2-4-6-13/h2-8,10,12,15-16H,9,11H2,1H3,(H,24,25)/t12?,15-,16+/m0/s1. The van der Waals surface area contributed by atoms with Crippen molar-refractivity contribution in [2.24, 2.45) is 5.92 Å². The van der Waals surface area contributed by atoms with Crippen molar-refractivity contribution in [1.82, 2.24) is 10.3 Å². The minimum atomic E-state index is -4.40. The second-order valence-electron chi connectivity index (χ2n) is 6.42. The summed E-state index contributed by atoms with van der Waals surface area (Å²) in [6.45, 7) is 0.430. The summed E-state index contributed by atoms with van der Waals surface area (Å²) in [5, 5.41) is 2.93. The molecule has 1 aliphatic rings. The fraction of sp³-hybridized carbons (Fsp3) is 0.368. The van der Waals surface area contributed by atoms with Gasteiger partial charge in [0.25, 0.3) is 0 Å². The molecule has 0 saturated heterocycles. The van der Waals surface area contributed by atoms with Crippen molar-refractivity contribution in [3.05, 3.63) is 59.8 Å². The Balaban J connectivity index is 1.52. The SMILES string of the molecule is CC(NC(=O)[C@@H]1C[C@H]1c1ccccc1)c1ccc(OCC(F)(F)F)nc1. The molecule has 0 spiro atoms. The highest BCUT2D eigenvalue weighted by molar-refractivity contribution is 5.83. The Morgan fingerprint density at radius 3 is 2.62 bits per heavy atom. The van der Waals surface area contributed by atoms with Crippen molar-refractivity contribution in [2.45, 2.75) is 31.5 Å². The first-order chi connectivity index (χ1) is 12.3. The molecule has 1 fully saturated rings. The first kappa shape index (κ1) is 18.2. The van der Waals surface area contributed by atoms with Crippen molar-refractivity contribution in [3.63, 3.8) is 0 Å². The predicted octanol–water partition coefficient (Wildman–Crippen LogP) is 4.00. The molecule has 1 aliphatic carbocycles. The second-order valence-corrected chi connectivity index (χ2v) is 6.42. The number of amides is 1. The van der Waals surface area contributed by atoms with Gasteiger partial charge in [-0.2, -0.15) is 13.2 Å². The highest BCUT2D eigenvalue weighted by atomic mass is 19.4. The third kappa shape index (κ3) is 4.74. The molecular weight excluding hydrogens is 345 g/mol. The molecule has 1 aromatic heterocycles. The Labute approximate surface area is 149 Å². The lowest BCUT2D eigenvalue weighted by atomic mass is 10.1. The van der Waals surface area contributed by atoms with E-state index in [0.717, 1.165) is 12.0 Å². The van der Waals surface area contributed by atoms with Gasteiger partial charge in [0.2, 0.25) is 11.8 Å². The Morgan fingerprint density at radius 2 is 2.00 bits per heavy atom. The van der Waals surface area contributed by atoms with Gasteiger partial charge in [0, 0.05) is 18.2 Å². The number of alkyl halides is 3. The summed E-state index contributed by atoms with van der Waals surface area (Å²) in [5.41, 5.74) is 1.86. The molecule has 1 heterocycles. The maximum atomic E-state index is 12.4. The number of benzene rings is 1. The van der Waals surface area contributed by atoms with Gasteiger partial charge in [-0.1, -0.05) is 36.4 Å². The highest BCUT2D eigenvalue weighted by Gasteiger charge is 2.44. The summed E-state index contributed by atoms with van der Waals surface area (Å²) in [6, 6.07) is 12.6. The number of ether oxygens (including phenoxy) is 1. The molecule has 1 saturated carbocycles. The van der Waals surface area contributed by atoms with Crippen LogP contribution < -0.4 is 10.1 Å². The lowest BCUT2D eigenvalue weighted by Gasteiger charge is -2.15. The van der Waals surface area contributed by atoms with Crippen LogP contribution in [0.25, 0.3) is 0 Å². The zero-order valence-electron chi connectivity index (χ0n) is 14.2. The third-order valence-corrected chi connectivity index (χ3v) is 4.36. The van der Waals surface area contributed by atoms with Crippen LogP contribution >= 0.6 is 0 Å². The van der Waals surface area contributed by atoms with Gasteiger partial charge in [0.1, 0.15) is 0 Å². The molecule has 1 amide bonds. The zero-order chi connectivity index (χ0) is 18.7. The van der Waals surface area contributed by atoms with E-state index < -0.39 is 12.8 Å². The van der Waals surface area contributed by atoms with E-state index in [1.165, 1.54) is 12.3 Å².